The van der Waals surface area contributed by atoms with Gasteiger partial charge in [0.05, 0.1) is 6.04 Å². The van der Waals surface area contributed by atoms with Crippen LogP contribution in [0.2, 0.25) is 0 Å². The highest BCUT2D eigenvalue weighted by molar-refractivity contribution is 5.82. The van der Waals surface area contributed by atoms with Crippen molar-refractivity contribution in [3.63, 3.8) is 0 Å². The summed E-state index contributed by atoms with van der Waals surface area (Å²) in [7, 11) is 0. The van der Waals surface area contributed by atoms with Gasteiger partial charge in [-0.05, 0) is 6.42 Å². The van der Waals surface area contributed by atoms with E-state index in [1.807, 2.05) is 6.92 Å². The Kier molecular flexibility index (Phi) is 4.04. The van der Waals surface area contributed by atoms with Gasteiger partial charge in [0.1, 0.15) is 0 Å². The van der Waals surface area contributed by atoms with Crippen molar-refractivity contribution in [1.82, 2.24) is 16.0 Å². The van der Waals surface area contributed by atoms with Crippen molar-refractivity contribution in [2.24, 2.45) is 0 Å². The molecule has 1 saturated heterocycles. The number of nitrogens with one attached hydrogen (secondary N) is 3. The van der Waals surface area contributed by atoms with E-state index in [0.717, 1.165) is 32.6 Å². The Morgan fingerprint density at radius 1 is 1.58 bits per heavy atom. The van der Waals surface area contributed by atoms with E-state index in [9.17, 15) is 4.79 Å². The van der Waals surface area contributed by atoms with Crippen LogP contribution in [-0.2, 0) is 4.79 Å². The molecule has 1 amide bonds. The van der Waals surface area contributed by atoms with E-state index in [0.29, 0.717) is 0 Å². The zero-order valence-electron chi connectivity index (χ0n) is 7.52. The Morgan fingerprint density at radius 2 is 2.42 bits per heavy atom. The first-order chi connectivity index (χ1) is 5.84. The fourth-order valence-corrected chi connectivity index (χ4v) is 1.21. The van der Waals surface area contributed by atoms with Crippen molar-refractivity contribution in [3.8, 4) is 0 Å². The first-order valence-electron chi connectivity index (χ1n) is 4.56. The molecule has 0 bridgehead atoms. The average Bonchev–Trinajstić information content (AvgIpc) is 2.15. The number of rotatable bonds is 3. The van der Waals surface area contributed by atoms with Crippen molar-refractivity contribution in [3.05, 3.63) is 0 Å². The minimum Gasteiger partial charge on any atom is -0.355 e. The normalized spacial score (nSPS) is 23.6. The van der Waals surface area contributed by atoms with Gasteiger partial charge < -0.3 is 16.0 Å². The molecule has 0 aromatic carbocycles. The standard InChI is InChI=1S/C8H17N3O/c1-2-3-11-8(12)7-6-9-4-5-10-7/h7,9-10H,2-6H2,1H3,(H,11,12). The van der Waals surface area contributed by atoms with E-state index in [1.54, 1.807) is 0 Å². The minimum absolute atomic E-state index is 0.0368. The maximum absolute atomic E-state index is 11.3. The van der Waals surface area contributed by atoms with Crippen LogP contribution in [0.5, 0.6) is 0 Å². The molecule has 0 saturated carbocycles. The van der Waals surface area contributed by atoms with Crippen molar-refractivity contribution in [1.29, 1.82) is 0 Å². The average molecular weight is 171 g/mol. The summed E-state index contributed by atoms with van der Waals surface area (Å²) in [6, 6.07) is -0.0368. The molecule has 1 heterocycles. The van der Waals surface area contributed by atoms with Gasteiger partial charge in [-0.15, -0.1) is 0 Å². The van der Waals surface area contributed by atoms with Crippen LogP contribution in [0.15, 0.2) is 0 Å². The van der Waals surface area contributed by atoms with Gasteiger partial charge in [0.15, 0.2) is 0 Å². The van der Waals surface area contributed by atoms with Crippen LogP contribution in [0.3, 0.4) is 0 Å². The lowest BCUT2D eigenvalue weighted by molar-refractivity contribution is -0.123. The van der Waals surface area contributed by atoms with Crippen LogP contribution in [0.1, 0.15) is 13.3 Å². The minimum atomic E-state index is -0.0368. The predicted molar refractivity (Wildman–Crippen MR) is 48.0 cm³/mol. The van der Waals surface area contributed by atoms with Crippen molar-refractivity contribution in [2.45, 2.75) is 19.4 Å². The number of hydrogen-bond donors (Lipinski definition) is 3. The van der Waals surface area contributed by atoms with Crippen LogP contribution in [0.25, 0.3) is 0 Å². The Morgan fingerprint density at radius 3 is 3.00 bits per heavy atom. The lowest BCUT2D eigenvalue weighted by Gasteiger charge is -2.23. The summed E-state index contributed by atoms with van der Waals surface area (Å²) in [5.41, 5.74) is 0. The van der Waals surface area contributed by atoms with E-state index in [2.05, 4.69) is 16.0 Å². The molecule has 0 aromatic rings. The van der Waals surface area contributed by atoms with Crippen LogP contribution in [-0.4, -0.2) is 38.1 Å². The number of amides is 1. The smallest absolute Gasteiger partial charge is 0.238 e. The van der Waals surface area contributed by atoms with Crippen LogP contribution in [0.4, 0.5) is 0 Å². The van der Waals surface area contributed by atoms with Gasteiger partial charge in [-0.2, -0.15) is 0 Å². The van der Waals surface area contributed by atoms with Gasteiger partial charge in [-0.1, -0.05) is 6.92 Å². The Bertz CT molecular complexity index is 143. The van der Waals surface area contributed by atoms with Gasteiger partial charge in [-0.25, -0.2) is 0 Å². The molecule has 0 spiro atoms. The first kappa shape index (κ1) is 9.48. The molecule has 1 rings (SSSR count). The SMILES string of the molecule is CCCNC(=O)C1CNCCN1. The molecule has 4 heteroatoms. The molecule has 1 atom stereocenters. The van der Waals surface area contributed by atoms with Crippen LogP contribution < -0.4 is 16.0 Å². The molecule has 0 aliphatic carbocycles. The molecule has 0 radical (unpaired) electrons. The van der Waals surface area contributed by atoms with Gasteiger partial charge in [0.25, 0.3) is 0 Å². The van der Waals surface area contributed by atoms with E-state index in [1.165, 1.54) is 0 Å². The summed E-state index contributed by atoms with van der Waals surface area (Å²) in [4.78, 5) is 11.3. The molecule has 70 valence electrons. The maximum Gasteiger partial charge on any atom is 0.238 e. The molecule has 1 aliphatic heterocycles. The van der Waals surface area contributed by atoms with E-state index >= 15 is 0 Å². The molecule has 12 heavy (non-hydrogen) atoms. The summed E-state index contributed by atoms with van der Waals surface area (Å²) in [6.07, 6.45) is 0.992. The van der Waals surface area contributed by atoms with Crippen molar-refractivity contribution >= 4 is 5.91 Å². The molecular formula is C8H17N3O. The lowest BCUT2D eigenvalue weighted by atomic mass is 10.2. The molecular weight excluding hydrogens is 154 g/mol. The van der Waals surface area contributed by atoms with Gasteiger partial charge in [0, 0.05) is 26.2 Å². The third-order valence-corrected chi connectivity index (χ3v) is 1.91. The predicted octanol–water partition coefficient (Wildman–Crippen LogP) is -0.926. The lowest BCUT2D eigenvalue weighted by Crippen LogP contribution is -2.55. The monoisotopic (exact) mass is 171 g/mol. The largest absolute Gasteiger partial charge is 0.355 e. The second-order valence-electron chi connectivity index (χ2n) is 3.00. The van der Waals surface area contributed by atoms with Gasteiger partial charge in [-0.3, -0.25) is 4.79 Å². The van der Waals surface area contributed by atoms with Gasteiger partial charge >= 0.3 is 0 Å². The highest BCUT2D eigenvalue weighted by Gasteiger charge is 2.18. The van der Waals surface area contributed by atoms with Gasteiger partial charge in [0.2, 0.25) is 5.91 Å². The summed E-state index contributed by atoms with van der Waals surface area (Å²) >= 11 is 0. The molecule has 3 N–H and O–H groups in total. The van der Waals surface area contributed by atoms with Crippen LogP contribution in [0, 0.1) is 0 Å². The van der Waals surface area contributed by atoms with Crippen molar-refractivity contribution in [2.75, 3.05) is 26.2 Å². The van der Waals surface area contributed by atoms with Crippen molar-refractivity contribution < 1.29 is 4.79 Å². The van der Waals surface area contributed by atoms with E-state index in [-0.39, 0.29) is 11.9 Å². The Balaban J connectivity index is 2.20. The second kappa shape index (κ2) is 5.11. The highest BCUT2D eigenvalue weighted by Crippen LogP contribution is 1.87. The molecule has 1 unspecified atom stereocenters. The summed E-state index contributed by atoms with van der Waals surface area (Å²) < 4.78 is 0. The summed E-state index contributed by atoms with van der Waals surface area (Å²) in [5.74, 6) is 0.115. The summed E-state index contributed by atoms with van der Waals surface area (Å²) in [6.45, 7) is 5.40. The number of piperazine rings is 1. The fourth-order valence-electron chi connectivity index (χ4n) is 1.21. The van der Waals surface area contributed by atoms with E-state index < -0.39 is 0 Å². The molecule has 4 nitrogen and oxygen atoms in total. The Hall–Kier alpha value is -0.610. The third kappa shape index (κ3) is 2.79. The zero-order chi connectivity index (χ0) is 8.81. The first-order valence-corrected chi connectivity index (χ1v) is 4.56. The number of carbonyl (C=O) groups is 1. The second-order valence-corrected chi connectivity index (χ2v) is 3.00. The quantitative estimate of drug-likeness (QED) is 0.514. The topological polar surface area (TPSA) is 53.2 Å². The maximum atomic E-state index is 11.3. The molecule has 0 aromatic heterocycles. The summed E-state index contributed by atoms with van der Waals surface area (Å²) in [5, 5.41) is 9.18. The fraction of sp³-hybridized carbons (Fsp3) is 0.875. The molecule has 1 fully saturated rings. The molecule has 1 aliphatic rings. The Labute approximate surface area is 73.1 Å². The van der Waals surface area contributed by atoms with Crippen LogP contribution >= 0.6 is 0 Å². The number of hydrogen-bond acceptors (Lipinski definition) is 3. The number of carbonyl (C=O) groups excluding carboxylic acids is 1. The highest BCUT2D eigenvalue weighted by atomic mass is 16.2. The third-order valence-electron chi connectivity index (χ3n) is 1.91. The van der Waals surface area contributed by atoms with E-state index in [4.69, 9.17) is 0 Å². The zero-order valence-corrected chi connectivity index (χ0v) is 7.52.